The van der Waals surface area contributed by atoms with Crippen LogP contribution in [0.1, 0.15) is 57.0 Å². The third kappa shape index (κ3) is 4.55. The van der Waals surface area contributed by atoms with E-state index in [1.807, 2.05) is 52.8 Å². The topological polar surface area (TPSA) is 85.8 Å². The smallest absolute Gasteiger partial charge is 0.291 e. The lowest BCUT2D eigenvalue weighted by atomic mass is 9.88. The summed E-state index contributed by atoms with van der Waals surface area (Å²) < 4.78 is 1.64. The van der Waals surface area contributed by atoms with Crippen molar-refractivity contribution in [2.45, 2.75) is 46.1 Å². The molecule has 3 N–H and O–H groups in total. The van der Waals surface area contributed by atoms with Gasteiger partial charge in [0.05, 0.1) is 16.2 Å². The molecular weight excluding hydrogens is 373 g/mol. The van der Waals surface area contributed by atoms with Crippen molar-refractivity contribution in [1.82, 2.24) is 20.1 Å². The van der Waals surface area contributed by atoms with Crippen LogP contribution in [0.25, 0.3) is 5.69 Å². The van der Waals surface area contributed by atoms with Gasteiger partial charge >= 0.3 is 0 Å². The first-order valence-electron chi connectivity index (χ1n) is 8.44. The average Bonchev–Trinajstić information content (AvgIpc) is 3.00. The van der Waals surface area contributed by atoms with Crippen molar-refractivity contribution in [3.8, 4) is 5.69 Å². The number of hydrogen-bond acceptors (Lipinski definition) is 4. The number of benzene rings is 1. The van der Waals surface area contributed by atoms with Crippen LogP contribution >= 0.6 is 24.0 Å². The summed E-state index contributed by atoms with van der Waals surface area (Å²) in [6, 6.07) is 7.35. The van der Waals surface area contributed by atoms with Gasteiger partial charge in [-0.3, -0.25) is 4.79 Å². The van der Waals surface area contributed by atoms with Crippen molar-refractivity contribution in [1.29, 1.82) is 0 Å². The Morgan fingerprint density at radius 2 is 1.92 bits per heavy atom. The van der Waals surface area contributed by atoms with Crippen LogP contribution < -0.4 is 11.1 Å². The van der Waals surface area contributed by atoms with E-state index in [9.17, 15) is 4.79 Å². The van der Waals surface area contributed by atoms with E-state index in [1.165, 1.54) is 0 Å². The molecule has 2 aromatic rings. The molecule has 0 saturated heterocycles. The number of carbonyl (C=O) groups is 1. The molecule has 0 spiro atoms. The zero-order valence-electron chi connectivity index (χ0n) is 15.8. The maximum atomic E-state index is 12.7. The van der Waals surface area contributed by atoms with Gasteiger partial charge in [0.2, 0.25) is 5.82 Å². The zero-order chi connectivity index (χ0) is 18.8. The molecule has 0 aliphatic carbocycles. The summed E-state index contributed by atoms with van der Waals surface area (Å²) in [6.07, 6.45) is 0. The van der Waals surface area contributed by atoms with E-state index in [2.05, 4.69) is 15.4 Å². The third-order valence-corrected chi connectivity index (χ3v) is 4.85. The first-order valence-corrected chi connectivity index (χ1v) is 8.82. The van der Waals surface area contributed by atoms with Gasteiger partial charge in [0.25, 0.3) is 5.91 Å². The largest absolute Gasteiger partial charge is 0.343 e. The Hall–Kier alpha value is -1.63. The second-order valence-corrected chi connectivity index (χ2v) is 7.45. The fourth-order valence-electron chi connectivity index (χ4n) is 2.34. The number of rotatable bonds is 6. The maximum Gasteiger partial charge on any atom is 0.291 e. The van der Waals surface area contributed by atoms with Crippen LogP contribution in [0.15, 0.2) is 24.3 Å². The highest BCUT2D eigenvalue weighted by Crippen LogP contribution is 2.24. The number of nitrogens with zero attached hydrogens (tertiary/aromatic N) is 3. The number of hydrogen-bond donors (Lipinski definition) is 2. The van der Waals surface area contributed by atoms with E-state index in [-0.39, 0.29) is 36.0 Å². The van der Waals surface area contributed by atoms with E-state index < -0.39 is 5.54 Å². The second kappa shape index (κ2) is 8.84. The molecule has 0 bridgehead atoms. The molecule has 1 heterocycles. The number of halogens is 2. The summed E-state index contributed by atoms with van der Waals surface area (Å²) in [5, 5.41) is 7.93. The molecule has 1 atom stereocenters. The molecule has 144 valence electrons. The van der Waals surface area contributed by atoms with Crippen LogP contribution in [0.3, 0.4) is 0 Å². The third-order valence-electron chi connectivity index (χ3n) is 4.53. The summed E-state index contributed by atoms with van der Waals surface area (Å²) in [5.41, 5.74) is 6.03. The molecule has 6 nitrogen and oxygen atoms in total. The Bertz CT molecular complexity index is 760. The monoisotopic (exact) mass is 399 g/mol. The van der Waals surface area contributed by atoms with Crippen molar-refractivity contribution in [3.63, 3.8) is 0 Å². The molecule has 0 radical (unpaired) electrons. The first kappa shape index (κ1) is 22.4. The van der Waals surface area contributed by atoms with E-state index in [0.29, 0.717) is 23.1 Å². The fraction of sp³-hybridized carbons (Fsp3) is 0.500. The highest BCUT2D eigenvalue weighted by atomic mass is 35.5. The van der Waals surface area contributed by atoms with Gasteiger partial charge in [-0.2, -0.15) is 0 Å². The average molecular weight is 400 g/mol. The molecule has 8 heteroatoms. The predicted molar refractivity (Wildman–Crippen MR) is 107 cm³/mol. The Balaban J connectivity index is 0.00000338. The lowest BCUT2D eigenvalue weighted by Gasteiger charge is -2.33. The van der Waals surface area contributed by atoms with Crippen LogP contribution in [-0.4, -0.2) is 32.8 Å². The van der Waals surface area contributed by atoms with Crippen molar-refractivity contribution >= 4 is 29.9 Å². The van der Waals surface area contributed by atoms with Gasteiger partial charge in [0, 0.05) is 12.5 Å². The lowest BCUT2D eigenvalue weighted by Crippen LogP contribution is -2.55. The van der Waals surface area contributed by atoms with Gasteiger partial charge < -0.3 is 11.1 Å². The van der Waals surface area contributed by atoms with E-state index in [4.69, 9.17) is 17.3 Å². The van der Waals surface area contributed by atoms with Crippen LogP contribution in [-0.2, 0) is 0 Å². The highest BCUT2D eigenvalue weighted by molar-refractivity contribution is 6.32. The van der Waals surface area contributed by atoms with Crippen molar-refractivity contribution in [3.05, 3.63) is 40.9 Å². The van der Waals surface area contributed by atoms with Gasteiger partial charge in [0.1, 0.15) is 5.82 Å². The minimum atomic E-state index is -0.523. The molecule has 1 aromatic heterocycles. The SMILES string of the molecule is CC(C)c1nc(C(=O)NC(C)(CN)C(C)C)nn1-c1ccccc1Cl.Cl. The van der Waals surface area contributed by atoms with Crippen molar-refractivity contribution in [2.75, 3.05) is 6.54 Å². The fourth-order valence-corrected chi connectivity index (χ4v) is 2.56. The Labute approximate surface area is 165 Å². The molecule has 0 aliphatic rings. The summed E-state index contributed by atoms with van der Waals surface area (Å²) in [6.45, 7) is 10.3. The van der Waals surface area contributed by atoms with Crippen LogP contribution in [0.2, 0.25) is 5.02 Å². The number of amides is 1. The summed E-state index contributed by atoms with van der Waals surface area (Å²) in [7, 11) is 0. The predicted octanol–water partition coefficient (Wildman–Crippen LogP) is 3.57. The Kier molecular flexibility index (Phi) is 7.62. The zero-order valence-corrected chi connectivity index (χ0v) is 17.4. The summed E-state index contributed by atoms with van der Waals surface area (Å²) in [5.74, 6) is 0.712. The normalized spacial score (nSPS) is 13.4. The second-order valence-electron chi connectivity index (χ2n) is 7.04. The minimum Gasteiger partial charge on any atom is -0.343 e. The van der Waals surface area contributed by atoms with Crippen LogP contribution in [0.4, 0.5) is 0 Å². The van der Waals surface area contributed by atoms with Crippen molar-refractivity contribution in [2.24, 2.45) is 11.7 Å². The Morgan fingerprint density at radius 1 is 1.31 bits per heavy atom. The van der Waals surface area contributed by atoms with Gasteiger partial charge in [-0.1, -0.05) is 51.4 Å². The van der Waals surface area contributed by atoms with Crippen LogP contribution in [0, 0.1) is 5.92 Å². The molecule has 1 aromatic carbocycles. The Morgan fingerprint density at radius 3 is 2.42 bits per heavy atom. The molecule has 0 aliphatic heterocycles. The van der Waals surface area contributed by atoms with E-state index in [1.54, 1.807) is 10.7 Å². The molecule has 26 heavy (non-hydrogen) atoms. The number of para-hydroxylation sites is 1. The molecule has 1 amide bonds. The summed E-state index contributed by atoms with van der Waals surface area (Å²) >= 11 is 6.29. The highest BCUT2D eigenvalue weighted by Gasteiger charge is 2.31. The number of carbonyl (C=O) groups excluding carboxylic acids is 1. The van der Waals surface area contributed by atoms with Gasteiger partial charge in [-0.05, 0) is 25.0 Å². The molecular formula is C18H27Cl2N5O. The molecule has 0 saturated carbocycles. The lowest BCUT2D eigenvalue weighted by molar-refractivity contribution is 0.0872. The number of nitrogens with one attached hydrogen (secondary N) is 1. The van der Waals surface area contributed by atoms with E-state index in [0.717, 1.165) is 0 Å². The number of aromatic nitrogens is 3. The van der Waals surface area contributed by atoms with Crippen LogP contribution in [0.5, 0.6) is 0 Å². The molecule has 0 fully saturated rings. The molecule has 1 unspecified atom stereocenters. The van der Waals surface area contributed by atoms with Gasteiger partial charge in [-0.15, -0.1) is 17.5 Å². The van der Waals surface area contributed by atoms with E-state index >= 15 is 0 Å². The van der Waals surface area contributed by atoms with Crippen molar-refractivity contribution < 1.29 is 4.79 Å². The minimum absolute atomic E-state index is 0. The number of nitrogens with two attached hydrogens (primary N) is 1. The molecule has 2 rings (SSSR count). The van der Waals surface area contributed by atoms with Gasteiger partial charge in [0.15, 0.2) is 0 Å². The first-order chi connectivity index (χ1) is 11.7. The summed E-state index contributed by atoms with van der Waals surface area (Å²) in [4.78, 5) is 17.1. The van der Waals surface area contributed by atoms with Gasteiger partial charge in [-0.25, -0.2) is 9.67 Å². The maximum absolute atomic E-state index is 12.7. The quantitative estimate of drug-likeness (QED) is 0.776. The standard InChI is InChI=1S/C18H26ClN5O.ClH/c1-11(2)16-21-15(17(25)22-18(5,10-20)12(3)4)23-24(16)14-9-7-6-8-13(14)19;/h6-9,11-12H,10,20H2,1-5H3,(H,22,25);1H.